The Balaban J connectivity index is 2.57. The van der Waals surface area contributed by atoms with Gasteiger partial charge in [-0.05, 0) is 48.2 Å². The zero-order valence-electron chi connectivity index (χ0n) is 9.40. The summed E-state index contributed by atoms with van der Waals surface area (Å²) >= 11 is 0. The maximum Gasteiger partial charge on any atom is 0.150 e. The van der Waals surface area contributed by atoms with E-state index in [-0.39, 0.29) is 0 Å². The molecule has 0 N–H and O–H groups in total. The minimum Gasteiger partial charge on any atom is -0.298 e. The zero-order valence-corrected chi connectivity index (χ0v) is 9.40. The third-order valence-corrected chi connectivity index (χ3v) is 2.70. The zero-order chi connectivity index (χ0) is 11.5. The van der Waals surface area contributed by atoms with Crippen LogP contribution in [-0.4, -0.2) is 11.3 Å². The molecular weight excluding hydrogens is 198 g/mol. The number of hydrogen-bond acceptors (Lipinski definition) is 2. The van der Waals surface area contributed by atoms with Gasteiger partial charge in [0.2, 0.25) is 0 Å². The molecule has 0 atom stereocenters. The van der Waals surface area contributed by atoms with Gasteiger partial charge in [0.1, 0.15) is 6.29 Å². The lowest BCUT2D eigenvalue weighted by molar-refractivity contribution is 0.112. The number of carbonyl (C=O) groups is 1. The van der Waals surface area contributed by atoms with E-state index in [9.17, 15) is 4.79 Å². The lowest BCUT2D eigenvalue weighted by Crippen LogP contribution is -1.90. The Morgan fingerprint density at radius 2 is 1.81 bits per heavy atom. The fourth-order valence-corrected chi connectivity index (χ4v) is 1.84. The van der Waals surface area contributed by atoms with Crippen LogP contribution in [0.5, 0.6) is 0 Å². The van der Waals surface area contributed by atoms with Crippen molar-refractivity contribution in [3.05, 3.63) is 53.3 Å². The van der Waals surface area contributed by atoms with Gasteiger partial charge < -0.3 is 0 Å². The standard InChI is InChI=1S/C14H13NO/c1-10-7-12(9-16)3-4-13(10)14-5-6-15-8-11(14)2/h3-9H,1-2H3. The van der Waals surface area contributed by atoms with Crippen LogP contribution in [0.25, 0.3) is 11.1 Å². The van der Waals surface area contributed by atoms with Crippen molar-refractivity contribution in [2.45, 2.75) is 13.8 Å². The SMILES string of the molecule is Cc1cnccc1-c1ccc(C=O)cc1C. The molecule has 0 amide bonds. The molecule has 2 heteroatoms. The summed E-state index contributed by atoms with van der Waals surface area (Å²) < 4.78 is 0. The molecule has 0 fully saturated rings. The summed E-state index contributed by atoms with van der Waals surface area (Å²) in [5.41, 5.74) is 5.30. The Morgan fingerprint density at radius 3 is 2.44 bits per heavy atom. The fraction of sp³-hybridized carbons (Fsp3) is 0.143. The minimum absolute atomic E-state index is 0.716. The van der Waals surface area contributed by atoms with Crippen LogP contribution >= 0.6 is 0 Å². The first-order chi connectivity index (χ1) is 7.72. The number of hydrogen-bond donors (Lipinski definition) is 0. The molecule has 16 heavy (non-hydrogen) atoms. The molecule has 0 saturated heterocycles. The van der Waals surface area contributed by atoms with E-state index in [1.165, 1.54) is 5.56 Å². The lowest BCUT2D eigenvalue weighted by Gasteiger charge is -2.09. The number of benzene rings is 1. The van der Waals surface area contributed by atoms with Crippen LogP contribution in [0.2, 0.25) is 0 Å². The number of rotatable bonds is 2. The molecule has 0 aliphatic rings. The molecule has 2 aromatic rings. The van der Waals surface area contributed by atoms with Gasteiger partial charge in [0, 0.05) is 18.0 Å². The molecule has 0 aliphatic heterocycles. The monoisotopic (exact) mass is 211 g/mol. The Kier molecular flexibility index (Phi) is 2.82. The van der Waals surface area contributed by atoms with Gasteiger partial charge >= 0.3 is 0 Å². The van der Waals surface area contributed by atoms with Gasteiger partial charge in [-0.15, -0.1) is 0 Å². The Hall–Kier alpha value is -1.96. The van der Waals surface area contributed by atoms with Crippen molar-refractivity contribution >= 4 is 6.29 Å². The Labute approximate surface area is 95.0 Å². The van der Waals surface area contributed by atoms with E-state index in [4.69, 9.17) is 0 Å². The second-order valence-corrected chi connectivity index (χ2v) is 3.88. The minimum atomic E-state index is 0.716. The number of aryl methyl sites for hydroxylation is 2. The van der Waals surface area contributed by atoms with Crippen LogP contribution in [0.1, 0.15) is 21.5 Å². The molecule has 0 saturated carbocycles. The maximum atomic E-state index is 10.7. The smallest absolute Gasteiger partial charge is 0.150 e. The van der Waals surface area contributed by atoms with Crippen molar-refractivity contribution in [3.8, 4) is 11.1 Å². The normalized spacial score (nSPS) is 10.1. The number of nitrogens with zero attached hydrogens (tertiary/aromatic N) is 1. The van der Waals surface area contributed by atoms with Crippen LogP contribution in [0.15, 0.2) is 36.7 Å². The molecule has 2 nitrogen and oxygen atoms in total. The van der Waals surface area contributed by atoms with Crippen molar-refractivity contribution < 1.29 is 4.79 Å². The van der Waals surface area contributed by atoms with Gasteiger partial charge in [0.25, 0.3) is 0 Å². The molecule has 0 aliphatic carbocycles. The van der Waals surface area contributed by atoms with Crippen molar-refractivity contribution in [3.63, 3.8) is 0 Å². The van der Waals surface area contributed by atoms with Crippen molar-refractivity contribution in [2.75, 3.05) is 0 Å². The first kappa shape index (κ1) is 10.6. The first-order valence-electron chi connectivity index (χ1n) is 5.19. The molecule has 0 spiro atoms. The van der Waals surface area contributed by atoms with E-state index in [2.05, 4.69) is 4.98 Å². The van der Waals surface area contributed by atoms with Crippen LogP contribution < -0.4 is 0 Å². The van der Waals surface area contributed by atoms with Gasteiger partial charge in [-0.1, -0.05) is 12.1 Å². The summed E-state index contributed by atoms with van der Waals surface area (Å²) in [7, 11) is 0. The number of pyridine rings is 1. The highest BCUT2D eigenvalue weighted by atomic mass is 16.1. The predicted octanol–water partition coefficient (Wildman–Crippen LogP) is 3.18. The first-order valence-corrected chi connectivity index (χ1v) is 5.19. The van der Waals surface area contributed by atoms with Gasteiger partial charge in [0.15, 0.2) is 0 Å². The molecular formula is C14H13NO. The summed E-state index contributed by atoms with van der Waals surface area (Å²) in [6.07, 6.45) is 4.51. The quantitative estimate of drug-likeness (QED) is 0.714. The topological polar surface area (TPSA) is 30.0 Å². The Bertz CT molecular complexity index is 532. The summed E-state index contributed by atoms with van der Waals surface area (Å²) in [5, 5.41) is 0. The van der Waals surface area contributed by atoms with E-state index in [0.717, 1.165) is 23.0 Å². The molecule has 1 aromatic carbocycles. The second-order valence-electron chi connectivity index (χ2n) is 3.88. The Morgan fingerprint density at radius 1 is 1.06 bits per heavy atom. The molecule has 1 heterocycles. The largest absolute Gasteiger partial charge is 0.298 e. The number of aromatic nitrogens is 1. The third kappa shape index (κ3) is 1.87. The van der Waals surface area contributed by atoms with Gasteiger partial charge in [-0.25, -0.2) is 0 Å². The van der Waals surface area contributed by atoms with E-state index < -0.39 is 0 Å². The average molecular weight is 211 g/mol. The number of carbonyl (C=O) groups excluding carboxylic acids is 1. The highest BCUT2D eigenvalue weighted by Crippen LogP contribution is 2.26. The molecule has 80 valence electrons. The maximum absolute atomic E-state index is 10.7. The number of aldehydes is 1. The van der Waals surface area contributed by atoms with Crippen LogP contribution in [0.4, 0.5) is 0 Å². The van der Waals surface area contributed by atoms with Crippen molar-refractivity contribution in [1.82, 2.24) is 4.98 Å². The fourth-order valence-electron chi connectivity index (χ4n) is 1.84. The van der Waals surface area contributed by atoms with Crippen LogP contribution in [0.3, 0.4) is 0 Å². The highest BCUT2D eigenvalue weighted by molar-refractivity contribution is 5.79. The summed E-state index contributed by atoms with van der Waals surface area (Å²) in [6.45, 7) is 4.05. The van der Waals surface area contributed by atoms with Gasteiger partial charge in [0.05, 0.1) is 0 Å². The van der Waals surface area contributed by atoms with Crippen LogP contribution in [0, 0.1) is 13.8 Å². The van der Waals surface area contributed by atoms with Crippen molar-refractivity contribution in [2.24, 2.45) is 0 Å². The summed E-state index contributed by atoms with van der Waals surface area (Å²) in [5.74, 6) is 0. The van der Waals surface area contributed by atoms with E-state index in [0.29, 0.717) is 5.56 Å². The molecule has 0 radical (unpaired) electrons. The lowest BCUT2D eigenvalue weighted by atomic mass is 9.97. The summed E-state index contributed by atoms with van der Waals surface area (Å²) in [6, 6.07) is 7.73. The molecule has 2 rings (SSSR count). The van der Waals surface area contributed by atoms with Crippen LogP contribution in [-0.2, 0) is 0 Å². The average Bonchev–Trinajstić information content (AvgIpc) is 2.30. The second kappa shape index (κ2) is 4.27. The third-order valence-electron chi connectivity index (χ3n) is 2.70. The predicted molar refractivity (Wildman–Crippen MR) is 64.5 cm³/mol. The highest BCUT2D eigenvalue weighted by Gasteiger charge is 2.05. The molecule has 0 unspecified atom stereocenters. The van der Waals surface area contributed by atoms with Gasteiger partial charge in [-0.3, -0.25) is 9.78 Å². The van der Waals surface area contributed by atoms with E-state index >= 15 is 0 Å². The van der Waals surface area contributed by atoms with E-state index in [1.54, 1.807) is 6.20 Å². The van der Waals surface area contributed by atoms with Crippen molar-refractivity contribution in [1.29, 1.82) is 0 Å². The molecule has 1 aromatic heterocycles. The van der Waals surface area contributed by atoms with Gasteiger partial charge in [-0.2, -0.15) is 0 Å². The summed E-state index contributed by atoms with van der Waals surface area (Å²) in [4.78, 5) is 14.7. The molecule has 0 bridgehead atoms. The van der Waals surface area contributed by atoms with E-state index in [1.807, 2.05) is 44.3 Å².